The normalized spacial score (nSPS) is 26.8. The Balaban J connectivity index is 0.000000193. The van der Waals surface area contributed by atoms with Crippen molar-refractivity contribution in [1.82, 2.24) is 78.1 Å². The Labute approximate surface area is 803 Å². The number of nitrogens with zero attached hydrogens (tertiary/aromatic N) is 20. The standard InChI is InChI=1S/C39H37F2N10O10PS.C32H32F2N9O8PS.C7H6BrNO2.C6H15N.2H2S/c40-28-32(53)27-16-58-62(57,63-17-23-11-6-7-13-25(23)51(55)56)61-33-26(15-52)59-39(29(33)41)49-20-46-30-24(42-18-43-34(30)49)12-5-2-8-14-48(37(54)22-9-3-1-4-10-22)35-31-36(45-19-44-35)50(21-47-31)38(28)60-27;33-21-25(45)20-12-48-52(47,53)51-26-19(11-44)49-32(22(26)34)42-15-39-23-18(35-13-36-27(23)42)9-5-2-6-10-41(30(46)17-7-3-1-4-8-17)28-24-29(38-14-37-28)43(16-40-24)31(21)50-20;8-5-6-3-1-2-4-7(6)9(10)11;1-4-7(5-2)6-3;;/h1-4,6-11,13,18-21,26-29,32-33,38-39,52-53H,5,12,14-17H2;1-4,6-8,13-16,19-22,25-26,31-32,44-45H,5,9-12H2,(H,47,53);1-4H,5H2;4-6H2,1-3H3;2*1H2/b8-2+;6-2+;;;;/t26-,27-,28-,29-,32-,33-,38?,39-,62+;19-,20-,21-,22-,25-,26-,31?,32-,52?;;;;/m11..../s1. The van der Waals surface area contributed by atoms with E-state index in [4.69, 9.17) is 48.8 Å². The van der Waals surface area contributed by atoms with Gasteiger partial charge in [0.2, 0.25) is 0 Å². The Kier molecular flexibility index (Phi) is 35.3. The van der Waals surface area contributed by atoms with Crippen LogP contribution in [0.1, 0.15) is 102 Å². The molecule has 14 heterocycles. The van der Waals surface area contributed by atoms with Gasteiger partial charge in [-0.25, -0.2) is 81.9 Å². The molecule has 41 nitrogen and oxygen atoms in total. The van der Waals surface area contributed by atoms with Crippen LogP contribution in [-0.4, -0.2) is 253 Å². The highest BCUT2D eigenvalue weighted by molar-refractivity contribution is 9.08. The number of nitro groups is 2. The van der Waals surface area contributed by atoms with Crippen molar-refractivity contribution in [2.24, 2.45) is 0 Å². The Hall–Kier alpha value is -10.1. The third-order valence-corrected chi connectivity index (χ3v) is 28.6. The topological polar surface area (TPSA) is 501 Å². The summed E-state index contributed by atoms with van der Waals surface area (Å²) < 4.78 is 130. The number of amides is 2. The molecule has 0 saturated carbocycles. The van der Waals surface area contributed by atoms with Gasteiger partial charge in [-0.3, -0.25) is 66.9 Å². The molecule has 0 radical (unpaired) electrons. The minimum atomic E-state index is -4.69. The van der Waals surface area contributed by atoms with Crippen LogP contribution in [0, 0.1) is 20.2 Å². The van der Waals surface area contributed by atoms with E-state index in [1.165, 1.54) is 129 Å². The maximum absolute atomic E-state index is 16.7. The maximum atomic E-state index is 16.7. The zero-order valence-corrected chi connectivity index (χ0v) is 79.5. The van der Waals surface area contributed by atoms with Crippen molar-refractivity contribution in [3.63, 3.8) is 0 Å². The van der Waals surface area contributed by atoms with Gasteiger partial charge in [-0.05, 0) is 82.1 Å². The number of aromatic nitrogens is 16. The van der Waals surface area contributed by atoms with Crippen LogP contribution in [0.3, 0.4) is 0 Å². The van der Waals surface area contributed by atoms with E-state index in [1.807, 2.05) is 12.2 Å². The van der Waals surface area contributed by atoms with Crippen molar-refractivity contribution < 1.29 is 109 Å². The van der Waals surface area contributed by atoms with Gasteiger partial charge in [0.1, 0.15) is 91.9 Å². The zero-order chi connectivity index (χ0) is 94.6. The number of aliphatic hydroxyl groups excluding tert-OH is 4. The van der Waals surface area contributed by atoms with Crippen LogP contribution in [0.2, 0.25) is 0 Å². The van der Waals surface area contributed by atoms with Gasteiger partial charge in [-0.2, -0.15) is 27.0 Å². The fourth-order valence-electron chi connectivity index (χ4n) is 15.8. The van der Waals surface area contributed by atoms with Crippen molar-refractivity contribution in [2.75, 3.05) is 69.0 Å². The van der Waals surface area contributed by atoms with Gasteiger partial charge >= 0.3 is 6.80 Å². The van der Waals surface area contributed by atoms with E-state index in [1.54, 1.807) is 95.9 Å². The van der Waals surface area contributed by atoms with E-state index in [-0.39, 0.29) is 119 Å². The third-order valence-electron chi connectivity index (χ3n) is 22.9. The smallest absolute Gasteiger partial charge is 0.390 e. The van der Waals surface area contributed by atoms with E-state index >= 15 is 17.6 Å². The number of anilines is 2. The number of para-hydroxylation sites is 2. The first-order chi connectivity index (χ1) is 64.8. The number of carbonyl (C=O) groups is 2. The predicted octanol–water partition coefficient (Wildman–Crippen LogP) is 9.26. The average molecular weight is 2060 g/mol. The number of aryl methyl sites for hydroxylation is 2. The first-order valence-corrected chi connectivity index (χ1v) is 49.1. The SMILES string of the molecule is CC[NH+](CC)CC.O=C(c1ccccc1)N1C/C=C/CCc2ncnc3c2ncn3[C@@H]2O[C@H](CO)[C@@H](OP([O-])(=S)OC[C@H]3OC([C@H](F)[C@@H]3O)n3cnc4c1ncnc43)[C@H]2F.O=C(c1ccccc1)N1C/C=C/CCc2ncnc3c2ncn3[C@@H]2O[C@H](CO)[C@@H](O[P@@](=O)(SCc3ccccc3[N+](=O)[O-])OC[C@H]3OC([C@H](F)[C@@H]3O)n3cnc4c1ncnc43)[C@H]2F.O=[N+]([O-])c1ccccc1CBr.S.S. The number of imidazole rings is 4. The first-order valence-electron chi connectivity index (χ1n) is 42.3. The molecule has 2 amide bonds. The van der Waals surface area contributed by atoms with Crippen molar-refractivity contribution in [2.45, 2.75) is 156 Å². The molecule has 724 valence electrons. The largest absolute Gasteiger partial charge is 0.780 e. The van der Waals surface area contributed by atoms with E-state index < -0.39 is 149 Å². The summed E-state index contributed by atoms with van der Waals surface area (Å²) in [4.78, 5) is 119. The van der Waals surface area contributed by atoms with Crippen molar-refractivity contribution in [3.8, 4) is 0 Å². The molecule has 24 bridgehead atoms. The Morgan fingerprint density at radius 1 is 0.515 bits per heavy atom. The number of fused-ring (bicyclic) bond motifs is 12. The molecular weight excluding hydrogens is 1970 g/mol. The van der Waals surface area contributed by atoms with Gasteiger partial charge in [0.15, 0.2) is 94.9 Å². The molecule has 18 atom stereocenters. The highest BCUT2D eigenvalue weighted by atomic mass is 79.9. The Bertz CT molecular complexity index is 6320. The lowest BCUT2D eigenvalue weighted by Gasteiger charge is -2.33. The van der Waals surface area contributed by atoms with Crippen LogP contribution in [0.25, 0.3) is 44.7 Å². The number of rotatable bonds is 13. The monoisotopic (exact) mass is 2060 g/mol. The molecular formula is C84H94BrF4N21O20P2S4. The van der Waals surface area contributed by atoms with Crippen LogP contribution >= 0.6 is 67.8 Å². The Morgan fingerprint density at radius 3 is 1.29 bits per heavy atom. The highest BCUT2D eigenvalue weighted by Crippen LogP contribution is 2.65. The number of benzene rings is 4. The molecule has 12 aromatic rings. The molecule has 5 N–H and O–H groups in total. The number of allylic oxidation sites excluding steroid dienone is 2. The molecule has 52 heteroatoms. The van der Waals surface area contributed by atoms with E-state index in [9.17, 15) is 59.7 Å². The molecule has 0 aliphatic carbocycles. The molecule has 4 fully saturated rings. The number of halogens is 5. The fourth-order valence-corrected chi connectivity index (χ4v) is 21.1. The minimum Gasteiger partial charge on any atom is -0.780 e. The summed E-state index contributed by atoms with van der Waals surface area (Å²) in [6, 6.07) is 29.4. The second-order valence-corrected chi connectivity index (χ2v) is 38.2. The molecule has 8 aromatic heterocycles. The number of hydrogen-bond donors (Lipinski definition) is 5. The van der Waals surface area contributed by atoms with E-state index in [0.717, 1.165) is 0 Å². The molecule has 4 saturated heterocycles. The second-order valence-electron chi connectivity index (χ2n) is 30.9. The molecule has 0 spiro atoms. The molecule has 18 rings (SSSR count). The summed E-state index contributed by atoms with van der Waals surface area (Å²) in [6.07, 6.45) is -7.98. The lowest BCUT2D eigenvalue weighted by Crippen LogP contribution is -3.11. The molecule has 136 heavy (non-hydrogen) atoms. The van der Waals surface area contributed by atoms with Crippen molar-refractivity contribution in [3.05, 3.63) is 238 Å². The van der Waals surface area contributed by atoms with Gasteiger partial charge in [0, 0.05) is 58.6 Å². The van der Waals surface area contributed by atoms with Gasteiger partial charge in [0.05, 0.1) is 92.6 Å². The van der Waals surface area contributed by atoms with Crippen LogP contribution in [-0.2, 0) is 77.3 Å². The van der Waals surface area contributed by atoms with Gasteiger partial charge in [-0.1, -0.05) is 125 Å². The fraction of sp³-hybridized carbons (Fsp3) is 0.405. The predicted molar refractivity (Wildman–Crippen MR) is 501 cm³/mol. The van der Waals surface area contributed by atoms with E-state index in [0.29, 0.717) is 81.5 Å². The van der Waals surface area contributed by atoms with E-state index in [2.05, 4.69) is 96.5 Å². The number of nitro benzene ring substituents is 2. The summed E-state index contributed by atoms with van der Waals surface area (Å²) in [7, 11) is 0. The second kappa shape index (κ2) is 46.6. The number of ether oxygens (including phenoxy) is 4. The first kappa shape index (κ1) is 103. The summed E-state index contributed by atoms with van der Waals surface area (Å²) >= 11 is 8.70. The quantitative estimate of drug-likeness (QED) is 0.0179. The molecule has 6 aliphatic heterocycles. The van der Waals surface area contributed by atoms with Crippen LogP contribution < -0.4 is 19.6 Å². The average Bonchev–Trinajstić information content (AvgIpc) is 1.62. The van der Waals surface area contributed by atoms with Crippen LogP contribution in [0.15, 0.2) is 184 Å². The molecule has 3 unspecified atom stereocenters. The summed E-state index contributed by atoms with van der Waals surface area (Å²) in [5.41, 5.74) is 4.14. The minimum absolute atomic E-state index is 0. The molecule has 6 aliphatic rings. The number of nitrogens with one attached hydrogen (secondary N) is 1. The van der Waals surface area contributed by atoms with Gasteiger partial charge in [-0.15, -0.1) is 0 Å². The lowest BCUT2D eigenvalue weighted by molar-refractivity contribution is -0.894. The van der Waals surface area contributed by atoms with Crippen LogP contribution in [0.5, 0.6) is 0 Å². The molecule has 4 aromatic carbocycles. The number of quaternary nitrogens is 1. The number of hydrogen-bond acceptors (Lipinski definition) is 34. The van der Waals surface area contributed by atoms with Crippen molar-refractivity contribution >= 4 is 159 Å². The third kappa shape index (κ3) is 22.6. The Morgan fingerprint density at radius 2 is 0.890 bits per heavy atom. The van der Waals surface area contributed by atoms with Crippen molar-refractivity contribution in [1.29, 1.82) is 0 Å². The number of aliphatic hydroxyl groups is 4. The number of carbonyl (C=O) groups excluding carboxylic acids is 2. The van der Waals surface area contributed by atoms with Crippen LogP contribution in [0.4, 0.5) is 40.6 Å². The zero-order valence-electron chi connectivity index (χ0n) is 72.5. The highest BCUT2D eigenvalue weighted by Gasteiger charge is 2.54. The maximum Gasteiger partial charge on any atom is 0.390 e. The summed E-state index contributed by atoms with van der Waals surface area (Å²) in [5, 5.41) is 65.0. The number of alkyl halides is 5. The van der Waals surface area contributed by atoms with Gasteiger partial charge in [0.25, 0.3) is 23.2 Å². The van der Waals surface area contributed by atoms with Gasteiger partial charge < -0.3 is 58.2 Å². The summed E-state index contributed by atoms with van der Waals surface area (Å²) in [5.74, 6) is -0.870. The summed E-state index contributed by atoms with van der Waals surface area (Å²) in [6.45, 7) is -1.66. The lowest BCUT2D eigenvalue weighted by atomic mass is 10.1.